The maximum atomic E-state index is 11.8. The Morgan fingerprint density at radius 1 is 1.35 bits per heavy atom. The van der Waals surface area contributed by atoms with Crippen molar-refractivity contribution >= 4 is 17.2 Å². The van der Waals surface area contributed by atoms with Gasteiger partial charge in [0.05, 0.1) is 5.60 Å². The lowest BCUT2D eigenvalue weighted by Crippen LogP contribution is -2.46. The Kier molecular flexibility index (Phi) is 4.86. The Morgan fingerprint density at radius 2 is 2.05 bits per heavy atom. The first-order chi connectivity index (χ1) is 9.39. The molecule has 1 aromatic heterocycles. The lowest BCUT2D eigenvalue weighted by Gasteiger charge is -2.40. The number of carbonyl (C=O) groups excluding carboxylic acids is 1. The van der Waals surface area contributed by atoms with Crippen molar-refractivity contribution in [3.05, 3.63) is 22.4 Å². The van der Waals surface area contributed by atoms with Crippen molar-refractivity contribution in [1.29, 1.82) is 0 Å². The Hall–Kier alpha value is -0.870. The van der Waals surface area contributed by atoms with Gasteiger partial charge in [-0.25, -0.2) is 0 Å². The van der Waals surface area contributed by atoms with E-state index in [1.165, 1.54) is 4.88 Å². The monoisotopic (exact) mass is 295 g/mol. The molecule has 20 heavy (non-hydrogen) atoms. The summed E-state index contributed by atoms with van der Waals surface area (Å²) < 4.78 is 0. The minimum Gasteiger partial charge on any atom is -0.388 e. The first-order valence-electron chi connectivity index (χ1n) is 7.40. The second-order valence-electron chi connectivity index (χ2n) is 6.74. The van der Waals surface area contributed by atoms with E-state index < -0.39 is 5.60 Å². The van der Waals surface area contributed by atoms with Crippen molar-refractivity contribution in [3.8, 4) is 0 Å². The van der Waals surface area contributed by atoms with Crippen LogP contribution in [0.3, 0.4) is 0 Å². The molecule has 1 heterocycles. The molecule has 1 aliphatic carbocycles. The summed E-state index contributed by atoms with van der Waals surface area (Å²) in [5.74, 6) is 0.0386. The Bertz CT molecular complexity index is 429. The first kappa shape index (κ1) is 15.5. The highest BCUT2D eigenvalue weighted by atomic mass is 32.1. The van der Waals surface area contributed by atoms with E-state index >= 15 is 0 Å². The van der Waals surface area contributed by atoms with Gasteiger partial charge in [0.2, 0.25) is 5.91 Å². The van der Waals surface area contributed by atoms with Gasteiger partial charge in [-0.2, -0.15) is 0 Å². The van der Waals surface area contributed by atoms with E-state index in [4.69, 9.17) is 0 Å². The van der Waals surface area contributed by atoms with Crippen LogP contribution >= 0.6 is 11.3 Å². The molecule has 3 nitrogen and oxygen atoms in total. The molecule has 112 valence electrons. The summed E-state index contributed by atoms with van der Waals surface area (Å²) >= 11 is 1.68. The number of nitrogens with one attached hydrogen (secondary N) is 1. The minimum absolute atomic E-state index is 0.0386. The molecule has 1 saturated carbocycles. The SMILES string of the molecule is CC1(C)CCC(O)(CNC(=O)CCc2cccs2)CC1. The van der Waals surface area contributed by atoms with Crippen molar-refractivity contribution in [1.82, 2.24) is 5.32 Å². The van der Waals surface area contributed by atoms with E-state index in [2.05, 4.69) is 25.2 Å². The summed E-state index contributed by atoms with van der Waals surface area (Å²) in [4.78, 5) is 13.1. The van der Waals surface area contributed by atoms with Crippen molar-refractivity contribution in [2.24, 2.45) is 5.41 Å². The highest BCUT2D eigenvalue weighted by Crippen LogP contribution is 2.39. The average molecular weight is 295 g/mol. The molecule has 1 fully saturated rings. The second kappa shape index (κ2) is 6.27. The molecule has 0 unspecified atom stereocenters. The van der Waals surface area contributed by atoms with Gasteiger partial charge >= 0.3 is 0 Å². The van der Waals surface area contributed by atoms with E-state index in [1.807, 2.05) is 11.4 Å². The quantitative estimate of drug-likeness (QED) is 0.877. The van der Waals surface area contributed by atoms with Crippen LogP contribution in [0.4, 0.5) is 0 Å². The molecule has 4 heteroatoms. The maximum absolute atomic E-state index is 11.8. The maximum Gasteiger partial charge on any atom is 0.220 e. The summed E-state index contributed by atoms with van der Waals surface area (Å²) in [6, 6.07) is 4.05. The summed E-state index contributed by atoms with van der Waals surface area (Å²) in [6.07, 6.45) is 4.90. The molecule has 0 bridgehead atoms. The van der Waals surface area contributed by atoms with Crippen molar-refractivity contribution in [2.75, 3.05) is 6.54 Å². The zero-order chi connectivity index (χ0) is 14.6. The van der Waals surface area contributed by atoms with Crippen LogP contribution in [0.25, 0.3) is 0 Å². The minimum atomic E-state index is -0.700. The van der Waals surface area contributed by atoms with Crippen LogP contribution in [0.2, 0.25) is 0 Å². The van der Waals surface area contributed by atoms with Gasteiger partial charge in [0.25, 0.3) is 0 Å². The molecule has 0 radical (unpaired) electrons. The molecule has 1 aliphatic rings. The number of rotatable bonds is 5. The van der Waals surface area contributed by atoms with Crippen molar-refractivity contribution < 1.29 is 9.90 Å². The fraction of sp³-hybridized carbons (Fsp3) is 0.688. The Balaban J connectivity index is 1.70. The smallest absolute Gasteiger partial charge is 0.220 e. The van der Waals surface area contributed by atoms with Gasteiger partial charge in [0.1, 0.15) is 0 Å². The highest BCUT2D eigenvalue weighted by molar-refractivity contribution is 7.09. The third kappa shape index (κ3) is 4.60. The number of carbonyl (C=O) groups is 1. The number of hydrogen-bond acceptors (Lipinski definition) is 3. The molecule has 1 amide bonds. The first-order valence-corrected chi connectivity index (χ1v) is 8.28. The van der Waals surface area contributed by atoms with Crippen LogP contribution in [0, 0.1) is 5.41 Å². The summed E-state index contributed by atoms with van der Waals surface area (Å²) in [6.45, 7) is 4.88. The predicted octanol–water partition coefficient (Wildman–Crippen LogP) is 3.13. The van der Waals surface area contributed by atoms with E-state index in [9.17, 15) is 9.90 Å². The van der Waals surface area contributed by atoms with Crippen molar-refractivity contribution in [3.63, 3.8) is 0 Å². The third-order valence-corrected chi connectivity index (χ3v) is 5.26. The van der Waals surface area contributed by atoms with E-state index in [-0.39, 0.29) is 5.91 Å². The standard InChI is InChI=1S/C16H25NO2S/c1-15(2)7-9-16(19,10-8-15)12-17-14(18)6-5-13-4-3-11-20-13/h3-4,11,19H,5-10,12H2,1-2H3,(H,17,18). The number of amides is 1. The van der Waals surface area contributed by atoms with Crippen LogP contribution < -0.4 is 5.32 Å². The van der Waals surface area contributed by atoms with Gasteiger partial charge in [-0.3, -0.25) is 4.79 Å². The van der Waals surface area contributed by atoms with Crippen molar-refractivity contribution in [2.45, 2.75) is 58.0 Å². The van der Waals surface area contributed by atoms with Gasteiger partial charge in [-0.15, -0.1) is 11.3 Å². The molecule has 2 N–H and O–H groups in total. The summed E-state index contributed by atoms with van der Waals surface area (Å²) in [7, 11) is 0. The largest absolute Gasteiger partial charge is 0.388 e. The molecule has 0 atom stereocenters. The Morgan fingerprint density at radius 3 is 2.65 bits per heavy atom. The number of aliphatic hydroxyl groups is 1. The molecule has 1 aromatic rings. The number of hydrogen-bond donors (Lipinski definition) is 2. The molecule has 2 rings (SSSR count). The van der Waals surface area contributed by atoms with Crippen LogP contribution in [-0.4, -0.2) is 23.2 Å². The van der Waals surface area contributed by atoms with Gasteiger partial charge in [-0.05, 0) is 49.0 Å². The molecule has 0 aliphatic heterocycles. The van der Waals surface area contributed by atoms with E-state index in [0.717, 1.165) is 32.1 Å². The lowest BCUT2D eigenvalue weighted by atomic mass is 9.71. The summed E-state index contributed by atoms with van der Waals surface area (Å²) in [5, 5.41) is 15.4. The van der Waals surface area contributed by atoms with Crippen LogP contribution in [0.5, 0.6) is 0 Å². The molecular weight excluding hydrogens is 270 g/mol. The highest BCUT2D eigenvalue weighted by Gasteiger charge is 2.36. The fourth-order valence-electron chi connectivity index (χ4n) is 2.61. The molecule has 0 spiro atoms. The topological polar surface area (TPSA) is 49.3 Å². The second-order valence-corrected chi connectivity index (χ2v) is 7.78. The van der Waals surface area contributed by atoms with Crippen LogP contribution in [0.15, 0.2) is 17.5 Å². The van der Waals surface area contributed by atoms with E-state index in [0.29, 0.717) is 18.4 Å². The van der Waals surface area contributed by atoms with Crippen LogP contribution in [-0.2, 0) is 11.2 Å². The van der Waals surface area contributed by atoms with Gasteiger partial charge in [0, 0.05) is 17.8 Å². The zero-order valence-corrected chi connectivity index (χ0v) is 13.3. The molecule has 0 saturated heterocycles. The zero-order valence-electron chi connectivity index (χ0n) is 12.4. The molecular formula is C16H25NO2S. The third-order valence-electron chi connectivity index (χ3n) is 4.33. The lowest BCUT2D eigenvalue weighted by molar-refractivity contribution is -0.123. The molecule has 0 aromatic carbocycles. The number of thiophene rings is 1. The van der Waals surface area contributed by atoms with E-state index in [1.54, 1.807) is 11.3 Å². The fourth-order valence-corrected chi connectivity index (χ4v) is 3.32. The van der Waals surface area contributed by atoms with Gasteiger partial charge in [0.15, 0.2) is 0 Å². The normalized spacial score (nSPS) is 20.6. The van der Waals surface area contributed by atoms with Crippen LogP contribution in [0.1, 0.15) is 50.8 Å². The van der Waals surface area contributed by atoms with Gasteiger partial charge < -0.3 is 10.4 Å². The average Bonchev–Trinajstić information content (AvgIpc) is 2.92. The predicted molar refractivity (Wildman–Crippen MR) is 82.8 cm³/mol. The summed E-state index contributed by atoms with van der Waals surface area (Å²) in [5.41, 5.74) is -0.372. The van der Waals surface area contributed by atoms with Gasteiger partial charge in [-0.1, -0.05) is 19.9 Å². The number of aryl methyl sites for hydroxylation is 1. The Labute approximate surface area is 125 Å².